The molecule has 2 aromatic heterocycles. The minimum atomic E-state index is 0.252. The first-order valence-electron chi connectivity index (χ1n) is 5.67. The van der Waals surface area contributed by atoms with Gasteiger partial charge in [-0.05, 0) is 48.3 Å². The van der Waals surface area contributed by atoms with E-state index in [0.717, 1.165) is 10.9 Å². The van der Waals surface area contributed by atoms with Crippen LogP contribution in [0.3, 0.4) is 0 Å². The molecule has 0 fully saturated rings. The van der Waals surface area contributed by atoms with Crippen LogP contribution in [-0.2, 0) is 12.8 Å². The average molecular weight is 329 g/mol. The molecule has 17 heavy (non-hydrogen) atoms. The van der Waals surface area contributed by atoms with E-state index in [1.165, 1.54) is 33.3 Å². The van der Waals surface area contributed by atoms with Crippen LogP contribution in [0.5, 0.6) is 0 Å². The van der Waals surface area contributed by atoms with E-state index >= 15 is 0 Å². The van der Waals surface area contributed by atoms with E-state index in [4.69, 9.17) is 4.98 Å². The van der Waals surface area contributed by atoms with Gasteiger partial charge in [0.1, 0.15) is 5.01 Å². The van der Waals surface area contributed by atoms with Gasteiger partial charge in [0.05, 0.1) is 11.7 Å². The Morgan fingerprint density at radius 3 is 3.00 bits per heavy atom. The number of aryl methyl sites for hydroxylation is 2. The number of thiophene rings is 1. The van der Waals surface area contributed by atoms with Crippen molar-refractivity contribution in [2.75, 3.05) is 7.05 Å². The lowest BCUT2D eigenvalue weighted by molar-refractivity contribution is 0.694. The molecule has 3 rings (SSSR count). The fourth-order valence-electron chi connectivity index (χ4n) is 2.20. The summed E-state index contributed by atoms with van der Waals surface area (Å²) in [7, 11) is 2.00. The van der Waals surface area contributed by atoms with Crippen LogP contribution in [0.4, 0.5) is 0 Å². The Balaban J connectivity index is 1.94. The summed E-state index contributed by atoms with van der Waals surface area (Å²) in [5.74, 6) is 0. The van der Waals surface area contributed by atoms with Crippen molar-refractivity contribution in [3.63, 3.8) is 0 Å². The van der Waals surface area contributed by atoms with Gasteiger partial charge in [0, 0.05) is 19.6 Å². The minimum absolute atomic E-state index is 0.252. The third-order valence-corrected chi connectivity index (χ3v) is 6.00. The second kappa shape index (κ2) is 4.80. The van der Waals surface area contributed by atoms with Gasteiger partial charge in [-0.3, -0.25) is 0 Å². The molecule has 1 aliphatic rings. The molecule has 0 bridgehead atoms. The SMILES string of the molecule is CNC(c1cc(Br)cs1)c1nc2c(s1)CCC2. The molecule has 1 aliphatic carbocycles. The Labute approximate surface area is 117 Å². The first-order valence-corrected chi connectivity index (χ1v) is 8.16. The highest BCUT2D eigenvalue weighted by Crippen LogP contribution is 2.35. The first-order chi connectivity index (χ1) is 8.28. The van der Waals surface area contributed by atoms with E-state index in [0.29, 0.717) is 0 Å². The fourth-order valence-corrected chi connectivity index (χ4v) is 5.11. The number of hydrogen-bond donors (Lipinski definition) is 1. The van der Waals surface area contributed by atoms with E-state index in [1.807, 2.05) is 18.4 Å². The molecule has 2 aromatic rings. The predicted octanol–water partition coefficient (Wildman–Crippen LogP) is 3.76. The Morgan fingerprint density at radius 1 is 1.47 bits per heavy atom. The number of aromatic nitrogens is 1. The van der Waals surface area contributed by atoms with Crippen molar-refractivity contribution in [1.29, 1.82) is 0 Å². The fraction of sp³-hybridized carbons (Fsp3) is 0.417. The van der Waals surface area contributed by atoms with E-state index in [-0.39, 0.29) is 6.04 Å². The number of nitrogens with zero attached hydrogens (tertiary/aromatic N) is 1. The van der Waals surface area contributed by atoms with Gasteiger partial charge >= 0.3 is 0 Å². The molecule has 0 radical (unpaired) electrons. The molecule has 0 spiro atoms. The second-order valence-electron chi connectivity index (χ2n) is 4.16. The molecular weight excluding hydrogens is 316 g/mol. The van der Waals surface area contributed by atoms with Gasteiger partial charge in [-0.25, -0.2) is 4.98 Å². The summed E-state index contributed by atoms with van der Waals surface area (Å²) in [6, 6.07) is 2.43. The second-order valence-corrected chi connectivity index (χ2v) is 7.14. The quantitative estimate of drug-likeness (QED) is 0.927. The molecule has 1 unspecified atom stereocenters. The van der Waals surface area contributed by atoms with Crippen molar-refractivity contribution in [3.8, 4) is 0 Å². The maximum atomic E-state index is 4.79. The summed E-state index contributed by atoms with van der Waals surface area (Å²) < 4.78 is 1.15. The average Bonchev–Trinajstić information content (AvgIpc) is 2.95. The molecule has 0 amide bonds. The monoisotopic (exact) mass is 328 g/mol. The van der Waals surface area contributed by atoms with Crippen molar-refractivity contribution < 1.29 is 0 Å². The maximum Gasteiger partial charge on any atom is 0.115 e. The van der Waals surface area contributed by atoms with E-state index < -0.39 is 0 Å². The number of thiazole rings is 1. The summed E-state index contributed by atoms with van der Waals surface area (Å²) in [4.78, 5) is 7.62. The van der Waals surface area contributed by atoms with Gasteiger partial charge in [0.15, 0.2) is 0 Å². The van der Waals surface area contributed by atoms with Crippen LogP contribution in [0.1, 0.15) is 32.9 Å². The Morgan fingerprint density at radius 2 is 2.35 bits per heavy atom. The van der Waals surface area contributed by atoms with Gasteiger partial charge in [-0.1, -0.05) is 0 Å². The molecule has 0 aromatic carbocycles. The van der Waals surface area contributed by atoms with Crippen molar-refractivity contribution in [3.05, 3.63) is 36.4 Å². The van der Waals surface area contributed by atoms with Crippen LogP contribution >= 0.6 is 38.6 Å². The number of halogens is 1. The summed E-state index contributed by atoms with van der Waals surface area (Å²) in [5.41, 5.74) is 1.33. The third kappa shape index (κ3) is 2.21. The first kappa shape index (κ1) is 11.8. The molecule has 2 nitrogen and oxygen atoms in total. The Hall–Kier alpha value is -0.230. The molecule has 1 N–H and O–H groups in total. The lowest BCUT2D eigenvalue weighted by Gasteiger charge is -2.11. The Bertz CT molecular complexity index is 511. The van der Waals surface area contributed by atoms with Gasteiger partial charge in [0.25, 0.3) is 0 Å². The molecule has 5 heteroatoms. The number of nitrogens with one attached hydrogen (secondary N) is 1. The van der Waals surface area contributed by atoms with Crippen LogP contribution < -0.4 is 5.32 Å². The number of hydrogen-bond acceptors (Lipinski definition) is 4. The zero-order valence-electron chi connectivity index (χ0n) is 9.50. The number of rotatable bonds is 3. The van der Waals surface area contributed by atoms with E-state index in [2.05, 4.69) is 32.7 Å². The number of fused-ring (bicyclic) bond motifs is 1. The van der Waals surface area contributed by atoms with Crippen molar-refractivity contribution in [2.24, 2.45) is 0 Å². The Kier molecular flexibility index (Phi) is 3.34. The topological polar surface area (TPSA) is 24.9 Å². The predicted molar refractivity (Wildman–Crippen MR) is 77.1 cm³/mol. The largest absolute Gasteiger partial charge is 0.307 e. The maximum absolute atomic E-state index is 4.79. The van der Waals surface area contributed by atoms with Crippen LogP contribution in [0.25, 0.3) is 0 Å². The normalized spacial score (nSPS) is 16.1. The van der Waals surface area contributed by atoms with Gasteiger partial charge < -0.3 is 5.32 Å². The molecule has 0 aliphatic heterocycles. The standard InChI is InChI=1S/C12H13BrN2S2/c1-14-11(10-5-7(13)6-16-10)12-15-8-3-2-4-9(8)17-12/h5-6,11,14H,2-4H2,1H3. The highest BCUT2D eigenvalue weighted by Gasteiger charge is 2.23. The van der Waals surface area contributed by atoms with Gasteiger partial charge in [-0.15, -0.1) is 22.7 Å². The van der Waals surface area contributed by atoms with Gasteiger partial charge in [-0.2, -0.15) is 0 Å². The summed E-state index contributed by atoms with van der Waals surface area (Å²) in [6.07, 6.45) is 3.66. The molecule has 0 saturated carbocycles. The van der Waals surface area contributed by atoms with E-state index in [1.54, 1.807) is 11.3 Å². The van der Waals surface area contributed by atoms with Crippen molar-refractivity contribution >= 4 is 38.6 Å². The van der Waals surface area contributed by atoms with Crippen molar-refractivity contribution in [1.82, 2.24) is 10.3 Å². The summed E-state index contributed by atoms with van der Waals surface area (Å²) in [6.45, 7) is 0. The highest BCUT2D eigenvalue weighted by atomic mass is 79.9. The zero-order chi connectivity index (χ0) is 11.8. The minimum Gasteiger partial charge on any atom is -0.307 e. The summed E-state index contributed by atoms with van der Waals surface area (Å²) in [5, 5.41) is 6.71. The van der Waals surface area contributed by atoms with Crippen LogP contribution in [0.15, 0.2) is 15.9 Å². The molecule has 2 heterocycles. The van der Waals surface area contributed by atoms with Crippen LogP contribution in [0, 0.1) is 0 Å². The molecular formula is C12H13BrN2S2. The van der Waals surface area contributed by atoms with Gasteiger partial charge in [0.2, 0.25) is 0 Å². The third-order valence-electron chi connectivity index (χ3n) is 3.02. The highest BCUT2D eigenvalue weighted by molar-refractivity contribution is 9.10. The van der Waals surface area contributed by atoms with E-state index in [9.17, 15) is 0 Å². The molecule has 1 atom stereocenters. The molecule has 90 valence electrons. The van der Waals surface area contributed by atoms with Crippen molar-refractivity contribution in [2.45, 2.75) is 25.3 Å². The molecule has 0 saturated heterocycles. The lowest BCUT2D eigenvalue weighted by Crippen LogP contribution is -2.16. The lowest BCUT2D eigenvalue weighted by atomic mass is 10.2. The zero-order valence-corrected chi connectivity index (χ0v) is 12.7. The summed E-state index contributed by atoms with van der Waals surface area (Å²) >= 11 is 7.16. The van der Waals surface area contributed by atoms with Crippen LogP contribution in [0.2, 0.25) is 0 Å². The van der Waals surface area contributed by atoms with Crippen LogP contribution in [-0.4, -0.2) is 12.0 Å². The smallest absolute Gasteiger partial charge is 0.115 e.